The first-order chi connectivity index (χ1) is 11.8. The van der Waals surface area contributed by atoms with Crippen LogP contribution in [0.25, 0.3) is 0 Å². The third-order valence-corrected chi connectivity index (χ3v) is 3.75. The average Bonchev–Trinajstić information content (AvgIpc) is 2.71. The summed E-state index contributed by atoms with van der Waals surface area (Å²) in [5.41, 5.74) is 4.23. The Hall–Kier alpha value is -1.91. The van der Waals surface area contributed by atoms with Crippen molar-refractivity contribution in [1.29, 1.82) is 0 Å². The molecule has 0 nitrogen and oxygen atoms in total. The van der Waals surface area contributed by atoms with Crippen LogP contribution < -0.4 is 0 Å². The Labute approximate surface area is 157 Å². The molecule has 0 N–H and O–H groups in total. The van der Waals surface area contributed by atoms with E-state index in [0.717, 1.165) is 19.3 Å². The third-order valence-electron chi connectivity index (χ3n) is 3.75. The number of hydrogen-bond acceptors (Lipinski definition) is 0. The molecule has 0 heterocycles. The van der Waals surface area contributed by atoms with Crippen molar-refractivity contribution < 1.29 is 0 Å². The van der Waals surface area contributed by atoms with E-state index in [-0.39, 0.29) is 9.90 Å². The Morgan fingerprint density at radius 2 is 0.600 bits per heavy atom. The van der Waals surface area contributed by atoms with Crippen LogP contribution in [0, 0.1) is 0 Å². The SMILES string of the molecule is CCc1ccccc1.CCc1ccccc1.CCc1ccccc1.P. The Morgan fingerprint density at radius 3 is 0.720 bits per heavy atom. The van der Waals surface area contributed by atoms with E-state index in [0.29, 0.717) is 0 Å². The molecule has 0 fully saturated rings. The molecule has 0 radical (unpaired) electrons. The molecule has 1 heteroatoms. The minimum atomic E-state index is 0. The first-order valence-electron chi connectivity index (χ1n) is 8.91. The summed E-state index contributed by atoms with van der Waals surface area (Å²) in [6.45, 7) is 6.49. The fraction of sp³-hybridized carbons (Fsp3) is 0.250. The highest BCUT2D eigenvalue weighted by Crippen LogP contribution is 1.98. The zero-order valence-corrected chi connectivity index (χ0v) is 17.4. The highest BCUT2D eigenvalue weighted by Gasteiger charge is 1.81. The molecule has 0 aliphatic carbocycles. The van der Waals surface area contributed by atoms with Gasteiger partial charge >= 0.3 is 0 Å². The maximum atomic E-state index is 2.16. The zero-order chi connectivity index (χ0) is 17.5. The second kappa shape index (κ2) is 15.6. The summed E-state index contributed by atoms with van der Waals surface area (Å²) >= 11 is 0. The van der Waals surface area contributed by atoms with E-state index in [9.17, 15) is 0 Å². The second-order valence-corrected chi connectivity index (χ2v) is 5.52. The van der Waals surface area contributed by atoms with Gasteiger partial charge in [-0.3, -0.25) is 0 Å². The smallest absolute Gasteiger partial charge is 0.0307 e. The van der Waals surface area contributed by atoms with Crippen LogP contribution in [0.15, 0.2) is 91.0 Å². The van der Waals surface area contributed by atoms with Crippen LogP contribution in [-0.4, -0.2) is 0 Å². The van der Waals surface area contributed by atoms with Crippen molar-refractivity contribution in [3.05, 3.63) is 108 Å². The van der Waals surface area contributed by atoms with Gasteiger partial charge in [0.15, 0.2) is 0 Å². The number of benzene rings is 3. The van der Waals surface area contributed by atoms with E-state index in [1.54, 1.807) is 0 Å². The minimum absolute atomic E-state index is 0. The van der Waals surface area contributed by atoms with Crippen LogP contribution in [0.3, 0.4) is 0 Å². The number of rotatable bonds is 3. The lowest BCUT2D eigenvalue weighted by Gasteiger charge is -1.89. The van der Waals surface area contributed by atoms with Crippen LogP contribution in [-0.2, 0) is 19.3 Å². The summed E-state index contributed by atoms with van der Waals surface area (Å²) in [6.07, 6.45) is 3.42. The fourth-order valence-corrected chi connectivity index (χ4v) is 2.14. The Morgan fingerprint density at radius 1 is 0.400 bits per heavy atom. The highest BCUT2D eigenvalue weighted by atomic mass is 31.0. The van der Waals surface area contributed by atoms with Crippen molar-refractivity contribution in [2.75, 3.05) is 0 Å². The van der Waals surface area contributed by atoms with E-state index >= 15 is 0 Å². The summed E-state index contributed by atoms with van der Waals surface area (Å²) in [5, 5.41) is 0. The van der Waals surface area contributed by atoms with E-state index in [1.807, 2.05) is 18.2 Å². The maximum absolute atomic E-state index is 2.16. The van der Waals surface area contributed by atoms with E-state index in [1.165, 1.54) is 16.7 Å². The van der Waals surface area contributed by atoms with E-state index < -0.39 is 0 Å². The molecule has 0 spiro atoms. The maximum Gasteiger partial charge on any atom is -0.0307 e. The van der Waals surface area contributed by atoms with Gasteiger partial charge in [0.25, 0.3) is 0 Å². The lowest BCUT2D eigenvalue weighted by Crippen LogP contribution is -1.73. The molecule has 0 saturated carbocycles. The number of hydrogen-bond donors (Lipinski definition) is 0. The predicted octanol–water partition coefficient (Wildman–Crippen LogP) is 6.81. The molecule has 0 aliphatic rings. The summed E-state index contributed by atoms with van der Waals surface area (Å²) in [5.74, 6) is 0. The molecule has 3 aromatic rings. The first kappa shape index (κ1) is 23.1. The van der Waals surface area contributed by atoms with Gasteiger partial charge in [0.2, 0.25) is 0 Å². The molecule has 0 bridgehead atoms. The Balaban J connectivity index is 0.000000339. The number of aryl methyl sites for hydroxylation is 3. The molecule has 1 unspecified atom stereocenters. The van der Waals surface area contributed by atoms with Gasteiger partial charge < -0.3 is 0 Å². The van der Waals surface area contributed by atoms with Crippen LogP contribution in [0.4, 0.5) is 0 Å². The molecule has 0 amide bonds. The molecule has 1 atom stereocenters. The largest absolute Gasteiger partial charge is 0.153 e. The van der Waals surface area contributed by atoms with Crippen LogP contribution in [0.1, 0.15) is 37.5 Å². The minimum Gasteiger partial charge on any atom is -0.153 e. The van der Waals surface area contributed by atoms with Crippen molar-refractivity contribution in [3.8, 4) is 0 Å². The predicted molar refractivity (Wildman–Crippen MR) is 119 cm³/mol. The summed E-state index contributed by atoms with van der Waals surface area (Å²) in [4.78, 5) is 0. The van der Waals surface area contributed by atoms with Gasteiger partial charge in [0, 0.05) is 0 Å². The standard InChI is InChI=1S/3C8H10.H3P/c3*1-2-8-6-4-3-5-7-8;/h3*3-7H,2H2,1H3;1H3. The van der Waals surface area contributed by atoms with Gasteiger partial charge in [-0.15, -0.1) is 0 Å². The van der Waals surface area contributed by atoms with E-state index in [2.05, 4.69) is 93.6 Å². The average molecular weight is 353 g/mol. The van der Waals surface area contributed by atoms with Crippen molar-refractivity contribution in [2.24, 2.45) is 0 Å². The Bertz CT molecular complexity index is 524. The van der Waals surface area contributed by atoms with Crippen molar-refractivity contribution >= 4 is 9.90 Å². The third kappa shape index (κ3) is 11.3. The second-order valence-electron chi connectivity index (χ2n) is 5.52. The van der Waals surface area contributed by atoms with Crippen LogP contribution >= 0.6 is 9.90 Å². The molecule has 25 heavy (non-hydrogen) atoms. The monoisotopic (exact) mass is 352 g/mol. The highest BCUT2D eigenvalue weighted by molar-refractivity contribution is 6.92. The van der Waals surface area contributed by atoms with Gasteiger partial charge in [0.1, 0.15) is 0 Å². The summed E-state index contributed by atoms with van der Waals surface area (Å²) in [6, 6.07) is 31.4. The molecule has 3 aromatic carbocycles. The van der Waals surface area contributed by atoms with Crippen molar-refractivity contribution in [3.63, 3.8) is 0 Å². The molecule has 0 aliphatic heterocycles. The first-order valence-corrected chi connectivity index (χ1v) is 8.91. The molecule has 0 saturated heterocycles. The van der Waals surface area contributed by atoms with E-state index in [4.69, 9.17) is 0 Å². The normalized spacial score (nSPS) is 8.76. The summed E-state index contributed by atoms with van der Waals surface area (Å²) < 4.78 is 0. The Kier molecular flexibility index (Phi) is 14.4. The molecular weight excluding hydrogens is 319 g/mol. The molecule has 3 rings (SSSR count). The van der Waals surface area contributed by atoms with Crippen molar-refractivity contribution in [1.82, 2.24) is 0 Å². The van der Waals surface area contributed by atoms with Gasteiger partial charge in [-0.25, -0.2) is 0 Å². The van der Waals surface area contributed by atoms with Crippen molar-refractivity contribution in [2.45, 2.75) is 40.0 Å². The molecular formula is C24H33P. The summed E-state index contributed by atoms with van der Waals surface area (Å²) in [7, 11) is 0. The lowest BCUT2D eigenvalue weighted by atomic mass is 10.2. The van der Waals surface area contributed by atoms with Gasteiger partial charge in [-0.05, 0) is 36.0 Å². The fourth-order valence-electron chi connectivity index (χ4n) is 2.14. The van der Waals surface area contributed by atoms with Gasteiger partial charge in [-0.2, -0.15) is 9.90 Å². The quantitative estimate of drug-likeness (QED) is 0.454. The lowest BCUT2D eigenvalue weighted by molar-refractivity contribution is 1.14. The molecule has 0 aromatic heterocycles. The van der Waals surface area contributed by atoms with Crippen LogP contribution in [0.2, 0.25) is 0 Å². The zero-order valence-electron chi connectivity index (χ0n) is 16.0. The van der Waals surface area contributed by atoms with Gasteiger partial charge in [-0.1, -0.05) is 112 Å². The van der Waals surface area contributed by atoms with Gasteiger partial charge in [0.05, 0.1) is 0 Å². The van der Waals surface area contributed by atoms with Crippen LogP contribution in [0.5, 0.6) is 0 Å². The molecule has 134 valence electrons. The topological polar surface area (TPSA) is 0 Å².